The molecule has 0 heterocycles. The molecule has 0 radical (unpaired) electrons. The Balaban J connectivity index is 2.45. The van der Waals surface area contributed by atoms with Gasteiger partial charge < -0.3 is 4.74 Å². The van der Waals surface area contributed by atoms with Gasteiger partial charge in [-0.05, 0) is 31.6 Å². The molecule has 0 aromatic heterocycles. The Kier molecular flexibility index (Phi) is 3.73. The molecule has 1 aliphatic rings. The van der Waals surface area contributed by atoms with E-state index in [4.69, 9.17) is 0 Å². The summed E-state index contributed by atoms with van der Waals surface area (Å²) in [5.41, 5.74) is 3.47. The van der Waals surface area contributed by atoms with E-state index in [1.807, 2.05) is 0 Å². The molecule has 1 amide bonds. The summed E-state index contributed by atoms with van der Waals surface area (Å²) in [5, 5.41) is 4.04. The third-order valence-electron chi connectivity index (χ3n) is 2.43. The van der Waals surface area contributed by atoms with Gasteiger partial charge in [0.15, 0.2) is 0 Å². The van der Waals surface area contributed by atoms with Crippen LogP contribution in [0.3, 0.4) is 0 Å². The topological polar surface area (TPSA) is 50.7 Å². The molecule has 0 spiro atoms. The normalized spacial score (nSPS) is 24.8. The first-order chi connectivity index (χ1) is 6.27. The summed E-state index contributed by atoms with van der Waals surface area (Å²) in [6.45, 7) is 2.14. The monoisotopic (exact) mass is 184 g/mol. The molecule has 74 valence electrons. The number of hydrogen-bond donors (Lipinski definition) is 1. The molecule has 1 N–H and O–H groups in total. The zero-order valence-electron chi connectivity index (χ0n) is 8.17. The number of ether oxygens (including phenoxy) is 1. The van der Waals surface area contributed by atoms with Gasteiger partial charge in [0.05, 0.1) is 7.11 Å². The predicted molar refractivity (Wildman–Crippen MR) is 50.6 cm³/mol. The van der Waals surface area contributed by atoms with Gasteiger partial charge in [0, 0.05) is 5.71 Å². The van der Waals surface area contributed by atoms with Crippen LogP contribution in [0.25, 0.3) is 0 Å². The van der Waals surface area contributed by atoms with Crippen molar-refractivity contribution in [1.82, 2.24) is 5.43 Å². The van der Waals surface area contributed by atoms with Crippen molar-refractivity contribution < 1.29 is 9.53 Å². The SMILES string of the molecule is CCC1CCC/C1=N\NC(=O)OC. The van der Waals surface area contributed by atoms with Crippen LogP contribution < -0.4 is 5.43 Å². The van der Waals surface area contributed by atoms with Crippen molar-refractivity contribution >= 4 is 11.8 Å². The number of carbonyl (C=O) groups excluding carboxylic acids is 1. The molecule has 4 heteroatoms. The summed E-state index contributed by atoms with van der Waals surface area (Å²) < 4.78 is 4.42. The number of nitrogens with zero attached hydrogens (tertiary/aromatic N) is 1. The van der Waals surface area contributed by atoms with Gasteiger partial charge in [-0.15, -0.1) is 0 Å². The van der Waals surface area contributed by atoms with Crippen LogP contribution in [-0.2, 0) is 4.74 Å². The van der Waals surface area contributed by atoms with Crippen molar-refractivity contribution in [3.63, 3.8) is 0 Å². The lowest BCUT2D eigenvalue weighted by atomic mass is 10.0. The molecule has 1 atom stereocenters. The quantitative estimate of drug-likeness (QED) is 0.666. The molecule has 0 saturated heterocycles. The maximum absolute atomic E-state index is 10.7. The predicted octanol–water partition coefficient (Wildman–Crippen LogP) is 1.91. The van der Waals surface area contributed by atoms with Gasteiger partial charge in [-0.25, -0.2) is 10.2 Å². The van der Waals surface area contributed by atoms with E-state index < -0.39 is 6.09 Å². The van der Waals surface area contributed by atoms with E-state index in [9.17, 15) is 4.79 Å². The average Bonchev–Trinajstić information content (AvgIpc) is 2.61. The van der Waals surface area contributed by atoms with E-state index in [0.29, 0.717) is 5.92 Å². The fourth-order valence-electron chi connectivity index (χ4n) is 1.65. The van der Waals surface area contributed by atoms with E-state index in [2.05, 4.69) is 22.2 Å². The lowest BCUT2D eigenvalue weighted by Crippen LogP contribution is -2.20. The van der Waals surface area contributed by atoms with Crippen molar-refractivity contribution in [3.05, 3.63) is 0 Å². The summed E-state index contributed by atoms with van der Waals surface area (Å²) >= 11 is 0. The Morgan fingerprint density at radius 3 is 3.15 bits per heavy atom. The molecule has 1 aliphatic carbocycles. The number of methoxy groups -OCH3 is 1. The van der Waals surface area contributed by atoms with Crippen LogP contribution in [0.4, 0.5) is 4.79 Å². The van der Waals surface area contributed by atoms with Gasteiger partial charge in [-0.2, -0.15) is 5.10 Å². The van der Waals surface area contributed by atoms with Crippen LogP contribution >= 0.6 is 0 Å². The summed E-state index contributed by atoms with van der Waals surface area (Å²) in [7, 11) is 1.33. The van der Waals surface area contributed by atoms with Crippen LogP contribution in [0.1, 0.15) is 32.6 Å². The molecule has 1 unspecified atom stereocenters. The zero-order chi connectivity index (χ0) is 9.68. The Bertz CT molecular complexity index is 214. The van der Waals surface area contributed by atoms with Crippen LogP contribution in [0, 0.1) is 5.92 Å². The van der Waals surface area contributed by atoms with E-state index >= 15 is 0 Å². The first-order valence-corrected chi connectivity index (χ1v) is 4.68. The second-order valence-corrected chi connectivity index (χ2v) is 3.20. The summed E-state index contributed by atoms with van der Waals surface area (Å²) in [6, 6.07) is 0. The van der Waals surface area contributed by atoms with Crippen molar-refractivity contribution in [2.45, 2.75) is 32.6 Å². The van der Waals surface area contributed by atoms with Crippen LogP contribution in [0.15, 0.2) is 5.10 Å². The molecule has 13 heavy (non-hydrogen) atoms. The lowest BCUT2D eigenvalue weighted by Gasteiger charge is -2.06. The standard InChI is InChI=1S/C9H16N2O2/c1-3-7-5-4-6-8(7)10-11-9(12)13-2/h7H,3-6H2,1-2H3,(H,11,12)/b10-8+. The summed E-state index contributed by atoms with van der Waals surface area (Å²) in [4.78, 5) is 10.7. The maximum atomic E-state index is 10.7. The molecule has 4 nitrogen and oxygen atoms in total. The molecular weight excluding hydrogens is 168 g/mol. The van der Waals surface area contributed by atoms with E-state index in [-0.39, 0.29) is 0 Å². The summed E-state index contributed by atoms with van der Waals surface area (Å²) in [5.74, 6) is 0.553. The summed E-state index contributed by atoms with van der Waals surface area (Å²) in [6.07, 6.45) is 3.98. The van der Waals surface area contributed by atoms with Crippen molar-refractivity contribution in [1.29, 1.82) is 0 Å². The van der Waals surface area contributed by atoms with Crippen molar-refractivity contribution in [2.75, 3.05) is 7.11 Å². The van der Waals surface area contributed by atoms with Crippen molar-refractivity contribution in [2.24, 2.45) is 11.0 Å². The highest BCUT2D eigenvalue weighted by Gasteiger charge is 2.20. The number of carbonyl (C=O) groups is 1. The Hall–Kier alpha value is -1.06. The molecule has 1 rings (SSSR count). The molecule has 0 aliphatic heterocycles. The highest BCUT2D eigenvalue weighted by molar-refractivity contribution is 5.89. The van der Waals surface area contributed by atoms with Gasteiger partial charge in [0.25, 0.3) is 0 Å². The van der Waals surface area contributed by atoms with Crippen LogP contribution in [0.5, 0.6) is 0 Å². The number of hydrogen-bond acceptors (Lipinski definition) is 3. The fourth-order valence-corrected chi connectivity index (χ4v) is 1.65. The number of rotatable bonds is 2. The molecule has 1 saturated carbocycles. The van der Waals surface area contributed by atoms with Gasteiger partial charge in [-0.1, -0.05) is 6.92 Å². The minimum atomic E-state index is -0.491. The second-order valence-electron chi connectivity index (χ2n) is 3.20. The van der Waals surface area contributed by atoms with E-state index in [1.165, 1.54) is 20.0 Å². The Morgan fingerprint density at radius 1 is 1.77 bits per heavy atom. The average molecular weight is 184 g/mol. The zero-order valence-corrected chi connectivity index (χ0v) is 8.17. The van der Waals surface area contributed by atoms with Crippen molar-refractivity contribution in [3.8, 4) is 0 Å². The van der Waals surface area contributed by atoms with Gasteiger partial charge in [0.1, 0.15) is 0 Å². The minimum absolute atomic E-state index is 0.491. The number of amides is 1. The van der Waals surface area contributed by atoms with Crippen LogP contribution in [-0.4, -0.2) is 18.9 Å². The molecule has 0 aromatic rings. The maximum Gasteiger partial charge on any atom is 0.427 e. The Labute approximate surface area is 78.3 Å². The molecule has 1 fully saturated rings. The van der Waals surface area contributed by atoms with Gasteiger partial charge in [-0.3, -0.25) is 0 Å². The van der Waals surface area contributed by atoms with E-state index in [1.54, 1.807) is 0 Å². The first kappa shape index (κ1) is 10.0. The third-order valence-corrected chi connectivity index (χ3v) is 2.43. The van der Waals surface area contributed by atoms with Gasteiger partial charge in [0.2, 0.25) is 0 Å². The Morgan fingerprint density at radius 2 is 2.54 bits per heavy atom. The minimum Gasteiger partial charge on any atom is -0.452 e. The molecular formula is C9H16N2O2. The number of nitrogens with one attached hydrogen (secondary N) is 1. The highest BCUT2D eigenvalue weighted by atomic mass is 16.5. The number of hydrazone groups is 1. The molecule has 0 aromatic carbocycles. The van der Waals surface area contributed by atoms with Crippen LogP contribution in [0.2, 0.25) is 0 Å². The highest BCUT2D eigenvalue weighted by Crippen LogP contribution is 2.24. The first-order valence-electron chi connectivity index (χ1n) is 4.68. The smallest absolute Gasteiger partial charge is 0.427 e. The van der Waals surface area contributed by atoms with E-state index in [0.717, 1.165) is 18.6 Å². The van der Waals surface area contributed by atoms with Gasteiger partial charge >= 0.3 is 6.09 Å². The lowest BCUT2D eigenvalue weighted by molar-refractivity contribution is 0.171. The second kappa shape index (κ2) is 4.84. The molecule has 0 bridgehead atoms. The third kappa shape index (κ3) is 2.72. The fraction of sp³-hybridized carbons (Fsp3) is 0.778. The largest absolute Gasteiger partial charge is 0.452 e.